The SMILES string of the molecule is CC(C)C1CCC2(C)CCC3(C)C(CCC4C5(C)CCC(OC(=O)CCl)C(C)(C)C5CCC43C)C12. The first-order valence-electron chi connectivity index (χ1n) is 15.0. The Hall–Kier alpha value is -0.240. The summed E-state index contributed by atoms with van der Waals surface area (Å²) in [5, 5.41) is 0. The van der Waals surface area contributed by atoms with Crippen LogP contribution in [0.25, 0.3) is 0 Å². The van der Waals surface area contributed by atoms with Crippen LogP contribution in [-0.4, -0.2) is 18.0 Å². The van der Waals surface area contributed by atoms with Crippen molar-refractivity contribution in [2.24, 2.45) is 62.6 Å². The van der Waals surface area contributed by atoms with E-state index in [1.807, 2.05) is 0 Å². The second kappa shape index (κ2) is 8.38. The zero-order valence-corrected chi connectivity index (χ0v) is 24.8. The molecule has 5 saturated carbocycles. The molecule has 0 bridgehead atoms. The van der Waals surface area contributed by atoms with Gasteiger partial charge in [-0.1, -0.05) is 55.4 Å². The average molecular weight is 505 g/mol. The van der Waals surface area contributed by atoms with Gasteiger partial charge in [-0.3, -0.25) is 4.79 Å². The molecule has 0 aliphatic heterocycles. The van der Waals surface area contributed by atoms with E-state index in [9.17, 15) is 4.79 Å². The van der Waals surface area contributed by atoms with Gasteiger partial charge in [0.25, 0.3) is 0 Å². The smallest absolute Gasteiger partial charge is 0.321 e. The van der Waals surface area contributed by atoms with Crippen LogP contribution in [0.3, 0.4) is 0 Å². The number of carbonyl (C=O) groups is 1. The molecule has 200 valence electrons. The molecule has 0 aromatic rings. The number of fused-ring (bicyclic) bond motifs is 7. The van der Waals surface area contributed by atoms with Crippen LogP contribution in [0.1, 0.15) is 120 Å². The molecule has 5 aliphatic carbocycles. The highest BCUT2D eigenvalue weighted by atomic mass is 35.5. The van der Waals surface area contributed by atoms with Gasteiger partial charge in [0.05, 0.1) is 0 Å². The fourth-order valence-electron chi connectivity index (χ4n) is 12.1. The predicted octanol–water partition coefficient (Wildman–Crippen LogP) is 8.89. The Morgan fingerprint density at radius 3 is 2.20 bits per heavy atom. The summed E-state index contributed by atoms with van der Waals surface area (Å²) in [7, 11) is 0. The molecule has 5 fully saturated rings. The molecule has 2 nitrogen and oxygen atoms in total. The number of carbonyl (C=O) groups excluding carboxylic acids is 1. The van der Waals surface area contributed by atoms with E-state index in [0.29, 0.717) is 27.6 Å². The lowest BCUT2D eigenvalue weighted by atomic mass is 9.32. The van der Waals surface area contributed by atoms with Gasteiger partial charge in [-0.15, -0.1) is 11.6 Å². The van der Waals surface area contributed by atoms with Crippen LogP contribution < -0.4 is 0 Å². The number of rotatable bonds is 3. The van der Waals surface area contributed by atoms with Crippen molar-refractivity contribution in [3.63, 3.8) is 0 Å². The highest BCUT2D eigenvalue weighted by Crippen LogP contribution is 2.77. The minimum Gasteiger partial charge on any atom is -0.461 e. The van der Waals surface area contributed by atoms with Gasteiger partial charge < -0.3 is 4.74 Å². The summed E-state index contributed by atoms with van der Waals surface area (Å²) in [6.45, 7) is 20.6. The van der Waals surface area contributed by atoms with Crippen LogP contribution in [0.4, 0.5) is 0 Å². The van der Waals surface area contributed by atoms with Crippen molar-refractivity contribution in [3.05, 3.63) is 0 Å². The van der Waals surface area contributed by atoms with Gasteiger partial charge in [0.2, 0.25) is 0 Å². The third-order valence-corrected chi connectivity index (χ3v) is 14.3. The van der Waals surface area contributed by atoms with Gasteiger partial charge in [-0.05, 0) is 121 Å². The summed E-state index contributed by atoms with van der Waals surface area (Å²) in [4.78, 5) is 12.1. The molecule has 0 heterocycles. The van der Waals surface area contributed by atoms with Gasteiger partial charge in [0.1, 0.15) is 12.0 Å². The number of hydrogen-bond acceptors (Lipinski definition) is 2. The average Bonchev–Trinajstić information content (AvgIpc) is 3.14. The van der Waals surface area contributed by atoms with Gasteiger partial charge in [0, 0.05) is 5.41 Å². The van der Waals surface area contributed by atoms with Crippen LogP contribution in [0.5, 0.6) is 0 Å². The van der Waals surface area contributed by atoms with Gasteiger partial charge >= 0.3 is 5.97 Å². The fraction of sp³-hybridized carbons (Fsp3) is 0.969. The molecule has 0 N–H and O–H groups in total. The van der Waals surface area contributed by atoms with E-state index < -0.39 is 0 Å². The van der Waals surface area contributed by atoms with Crippen LogP contribution in [0, 0.1) is 62.6 Å². The Labute approximate surface area is 221 Å². The maximum atomic E-state index is 12.1. The highest BCUT2D eigenvalue weighted by molar-refractivity contribution is 6.26. The third kappa shape index (κ3) is 3.49. The summed E-state index contributed by atoms with van der Waals surface area (Å²) in [5.74, 6) is 4.66. The second-order valence-electron chi connectivity index (χ2n) is 15.8. The quantitative estimate of drug-likeness (QED) is 0.283. The Kier molecular flexibility index (Phi) is 6.31. The maximum Gasteiger partial charge on any atom is 0.321 e. The standard InChI is InChI=1S/C32H53ClO2/c1-20(2)21-11-14-29(5)17-18-31(7)22(27(21)29)9-10-24-30(6)15-13-25(35-26(34)19-33)28(3,4)23(30)12-16-32(24,31)8/h20-25,27H,9-19H2,1-8H3. The first-order chi connectivity index (χ1) is 16.2. The summed E-state index contributed by atoms with van der Waals surface area (Å²) in [6, 6.07) is 0. The third-order valence-electron chi connectivity index (χ3n) is 14.1. The van der Waals surface area contributed by atoms with Crippen LogP contribution in [-0.2, 0) is 9.53 Å². The lowest BCUT2D eigenvalue weighted by molar-refractivity contribution is -0.250. The summed E-state index contributed by atoms with van der Waals surface area (Å²) in [6.07, 6.45) is 13.5. The maximum absolute atomic E-state index is 12.1. The van der Waals surface area contributed by atoms with E-state index in [4.69, 9.17) is 16.3 Å². The molecule has 10 atom stereocenters. The van der Waals surface area contributed by atoms with E-state index in [0.717, 1.165) is 36.0 Å². The van der Waals surface area contributed by atoms with E-state index in [1.54, 1.807) is 0 Å². The fourth-order valence-corrected chi connectivity index (χ4v) is 12.2. The molecular formula is C32H53ClO2. The predicted molar refractivity (Wildman–Crippen MR) is 145 cm³/mol. The second-order valence-corrected chi connectivity index (χ2v) is 16.0. The van der Waals surface area contributed by atoms with Crippen molar-refractivity contribution in [2.75, 3.05) is 5.88 Å². The topological polar surface area (TPSA) is 26.3 Å². The van der Waals surface area contributed by atoms with Gasteiger partial charge in [0.15, 0.2) is 0 Å². The lowest BCUT2D eigenvalue weighted by Crippen LogP contribution is -2.66. The summed E-state index contributed by atoms with van der Waals surface area (Å²) in [5.41, 5.74) is 1.80. The zero-order valence-electron chi connectivity index (χ0n) is 24.0. The number of alkyl halides is 1. The number of halogens is 1. The van der Waals surface area contributed by atoms with Gasteiger partial charge in [-0.2, -0.15) is 0 Å². The van der Waals surface area contributed by atoms with E-state index in [1.165, 1.54) is 57.8 Å². The van der Waals surface area contributed by atoms with Crippen LogP contribution in [0.2, 0.25) is 0 Å². The van der Waals surface area contributed by atoms with E-state index in [-0.39, 0.29) is 23.4 Å². The molecule has 0 saturated heterocycles. The zero-order chi connectivity index (χ0) is 25.6. The van der Waals surface area contributed by atoms with Crippen LogP contribution >= 0.6 is 11.6 Å². The van der Waals surface area contributed by atoms with Crippen molar-refractivity contribution in [1.82, 2.24) is 0 Å². The Bertz CT molecular complexity index is 851. The molecular weight excluding hydrogens is 452 g/mol. The monoisotopic (exact) mass is 504 g/mol. The largest absolute Gasteiger partial charge is 0.461 e. The molecule has 0 radical (unpaired) electrons. The highest BCUT2D eigenvalue weighted by Gasteiger charge is 2.70. The van der Waals surface area contributed by atoms with E-state index in [2.05, 4.69) is 55.4 Å². The molecule has 5 aliphatic rings. The molecule has 10 unspecified atom stereocenters. The first kappa shape index (κ1) is 26.4. The minimum atomic E-state index is -0.247. The molecule has 0 amide bonds. The van der Waals surface area contributed by atoms with Gasteiger partial charge in [-0.25, -0.2) is 0 Å². The van der Waals surface area contributed by atoms with Crippen molar-refractivity contribution < 1.29 is 9.53 Å². The van der Waals surface area contributed by atoms with E-state index >= 15 is 0 Å². The van der Waals surface area contributed by atoms with Crippen molar-refractivity contribution >= 4 is 17.6 Å². The molecule has 0 aromatic heterocycles. The molecule has 0 aromatic carbocycles. The Balaban J connectivity index is 1.47. The Morgan fingerprint density at radius 2 is 1.54 bits per heavy atom. The molecule has 5 rings (SSSR count). The normalized spacial score (nSPS) is 52.7. The van der Waals surface area contributed by atoms with Crippen molar-refractivity contribution in [1.29, 1.82) is 0 Å². The molecule has 3 heteroatoms. The Morgan fingerprint density at radius 1 is 0.829 bits per heavy atom. The summed E-state index contributed by atoms with van der Waals surface area (Å²) >= 11 is 5.82. The lowest BCUT2D eigenvalue weighted by Gasteiger charge is -2.73. The first-order valence-corrected chi connectivity index (χ1v) is 15.5. The minimum absolute atomic E-state index is 0.00350. The summed E-state index contributed by atoms with van der Waals surface area (Å²) < 4.78 is 5.94. The molecule has 35 heavy (non-hydrogen) atoms. The van der Waals surface area contributed by atoms with Crippen molar-refractivity contribution in [2.45, 2.75) is 126 Å². The number of ether oxygens (including phenoxy) is 1. The molecule has 0 spiro atoms. The van der Waals surface area contributed by atoms with Crippen molar-refractivity contribution in [3.8, 4) is 0 Å². The van der Waals surface area contributed by atoms with Crippen LogP contribution in [0.15, 0.2) is 0 Å². The number of esters is 1. The number of hydrogen-bond donors (Lipinski definition) is 0.